The number of rotatable bonds is 18. The first-order valence-corrected chi connectivity index (χ1v) is 21.2. The number of morpholine rings is 1. The summed E-state index contributed by atoms with van der Waals surface area (Å²) in [6.45, 7) is 5.56. The fraction of sp³-hybridized carbons (Fsp3) is 0.595. The normalized spacial score (nSPS) is 19.0. The maximum Gasteiger partial charge on any atom is 0.243 e. The van der Waals surface area contributed by atoms with Crippen LogP contribution in [0.5, 0.6) is 0 Å². The van der Waals surface area contributed by atoms with Crippen molar-refractivity contribution in [2.75, 3.05) is 52.5 Å². The fourth-order valence-corrected chi connectivity index (χ4v) is 8.88. The average Bonchev–Trinajstić information content (AvgIpc) is 3.94. The smallest absolute Gasteiger partial charge is 0.243 e. The Hall–Kier alpha value is -3.91. The molecule has 6 rings (SSSR count). The molecule has 12 nitrogen and oxygen atoms in total. The number of thiazole rings is 1. The van der Waals surface area contributed by atoms with Gasteiger partial charge in [-0.1, -0.05) is 74.6 Å². The van der Waals surface area contributed by atoms with Crippen molar-refractivity contribution in [2.24, 2.45) is 11.8 Å². The van der Waals surface area contributed by atoms with Crippen LogP contribution in [0, 0.1) is 11.8 Å². The number of hydrogen-bond acceptors (Lipinski definition) is 9. The Balaban J connectivity index is 1.17. The van der Waals surface area contributed by atoms with Crippen LogP contribution in [0.1, 0.15) is 75.5 Å². The molecule has 0 spiro atoms. The van der Waals surface area contributed by atoms with Crippen LogP contribution < -0.4 is 16.0 Å². The van der Waals surface area contributed by atoms with E-state index in [1.54, 1.807) is 5.51 Å². The van der Waals surface area contributed by atoms with Crippen LogP contribution in [-0.4, -0.2) is 114 Å². The zero-order valence-corrected chi connectivity index (χ0v) is 32.8. The number of carbonyl (C=O) groups is 4. The second kappa shape index (κ2) is 20.8. The summed E-state index contributed by atoms with van der Waals surface area (Å²) in [6, 6.07) is 12.3. The van der Waals surface area contributed by atoms with Crippen molar-refractivity contribution in [2.45, 2.75) is 95.2 Å². The molecule has 2 aromatic carbocycles. The molecule has 0 bridgehead atoms. The Labute approximate surface area is 328 Å². The summed E-state index contributed by atoms with van der Waals surface area (Å²) in [4.78, 5) is 63.8. The molecule has 13 heteroatoms. The summed E-state index contributed by atoms with van der Waals surface area (Å²) in [5, 5.41) is 24.5. The van der Waals surface area contributed by atoms with Crippen molar-refractivity contribution in [3.05, 3.63) is 64.6 Å². The number of amides is 4. The second-order valence-corrected chi connectivity index (χ2v) is 16.2. The molecule has 3 fully saturated rings. The molecular weight excluding hydrogens is 717 g/mol. The SMILES string of the molecule is O=C(C[C@H](O)[C@H](CC1CCCCC1)NC(=O)C(Cc1cscn1)NC(=O)[C@@H](CC(=O)N1CCCC1)Cc1cccc2ccccc12)NCCN1CCOCC1. The fourth-order valence-electron chi connectivity index (χ4n) is 8.31. The van der Waals surface area contributed by atoms with Crippen LogP contribution in [0.2, 0.25) is 0 Å². The molecule has 298 valence electrons. The number of hydrogen-bond donors (Lipinski definition) is 4. The number of aliphatic hydroxyl groups excluding tert-OH is 1. The topological polar surface area (TPSA) is 153 Å². The number of carbonyl (C=O) groups excluding carboxylic acids is 4. The number of likely N-dealkylation sites (tertiary alicyclic amines) is 1. The van der Waals surface area contributed by atoms with Crippen LogP contribution in [0.15, 0.2) is 53.4 Å². The molecule has 55 heavy (non-hydrogen) atoms. The third-order valence-electron chi connectivity index (χ3n) is 11.5. The van der Waals surface area contributed by atoms with Gasteiger partial charge in [0.1, 0.15) is 6.04 Å². The van der Waals surface area contributed by atoms with Crippen molar-refractivity contribution >= 4 is 45.7 Å². The van der Waals surface area contributed by atoms with E-state index in [0.29, 0.717) is 63.8 Å². The standard InChI is InChI=1S/C42H58N6O6S/c49-38(27-39(50)43-15-18-47-19-21-54-22-20-47)36(23-30-9-2-1-3-10-30)45-42(53)37(26-34-28-55-29-44-34)46-41(52)33(25-40(51)48-16-6-7-17-48)24-32-13-8-12-31-11-4-5-14-35(31)32/h4-5,8,11-14,28-30,33,36-38,49H,1-3,6-7,9-10,15-27H2,(H,43,50)(H,45,53)(H,46,52)/t33-,36+,37?,38+/m1/s1. The van der Waals surface area contributed by atoms with E-state index in [2.05, 4.69) is 25.8 Å². The summed E-state index contributed by atoms with van der Waals surface area (Å²) in [7, 11) is 0. The Morgan fingerprint density at radius 1 is 0.873 bits per heavy atom. The van der Waals surface area contributed by atoms with Crippen molar-refractivity contribution < 1.29 is 29.0 Å². The molecule has 3 heterocycles. The van der Waals surface area contributed by atoms with Gasteiger partial charge in [0, 0.05) is 57.5 Å². The highest BCUT2D eigenvalue weighted by atomic mass is 32.1. The van der Waals surface area contributed by atoms with Gasteiger partial charge in [-0.3, -0.25) is 24.1 Å². The molecular formula is C42H58N6O6S. The molecule has 1 unspecified atom stereocenters. The van der Waals surface area contributed by atoms with Crippen molar-refractivity contribution in [1.29, 1.82) is 0 Å². The molecule has 3 aliphatic rings. The predicted octanol–water partition coefficient (Wildman–Crippen LogP) is 3.85. The Morgan fingerprint density at radius 3 is 2.40 bits per heavy atom. The quantitative estimate of drug-likeness (QED) is 0.152. The maximum atomic E-state index is 14.4. The molecule has 1 saturated carbocycles. The molecule has 1 aromatic heterocycles. The van der Waals surface area contributed by atoms with Crippen LogP contribution in [0.3, 0.4) is 0 Å². The van der Waals surface area contributed by atoms with E-state index >= 15 is 0 Å². The number of aromatic nitrogens is 1. The van der Waals surface area contributed by atoms with E-state index < -0.39 is 30.0 Å². The number of aliphatic hydroxyl groups is 1. The first-order chi connectivity index (χ1) is 26.8. The zero-order chi connectivity index (χ0) is 38.4. The van der Waals surface area contributed by atoms with Crippen LogP contribution in [-0.2, 0) is 36.8 Å². The van der Waals surface area contributed by atoms with E-state index in [9.17, 15) is 24.3 Å². The predicted molar refractivity (Wildman–Crippen MR) is 213 cm³/mol. The minimum Gasteiger partial charge on any atom is -0.390 e. The van der Waals surface area contributed by atoms with Gasteiger partial charge >= 0.3 is 0 Å². The highest BCUT2D eigenvalue weighted by Crippen LogP contribution is 2.29. The first kappa shape index (κ1) is 40.7. The van der Waals surface area contributed by atoms with Gasteiger partial charge in [0.05, 0.1) is 48.9 Å². The highest BCUT2D eigenvalue weighted by Gasteiger charge is 2.34. The van der Waals surface area contributed by atoms with Crippen molar-refractivity contribution in [3.8, 4) is 0 Å². The molecule has 2 aliphatic heterocycles. The second-order valence-electron chi connectivity index (χ2n) is 15.5. The molecule has 2 saturated heterocycles. The van der Waals surface area contributed by atoms with E-state index in [1.165, 1.54) is 17.8 Å². The van der Waals surface area contributed by atoms with E-state index in [-0.39, 0.29) is 37.0 Å². The number of nitrogens with one attached hydrogen (secondary N) is 3. The average molecular weight is 775 g/mol. The Kier molecular flexibility index (Phi) is 15.4. The van der Waals surface area contributed by atoms with E-state index in [1.807, 2.05) is 52.7 Å². The summed E-state index contributed by atoms with van der Waals surface area (Å²) < 4.78 is 5.41. The molecule has 3 aromatic rings. The minimum atomic E-state index is -1.11. The third-order valence-corrected chi connectivity index (χ3v) is 12.1. The summed E-state index contributed by atoms with van der Waals surface area (Å²) in [5.74, 6) is -1.54. The molecule has 4 amide bonds. The lowest BCUT2D eigenvalue weighted by atomic mass is 9.83. The lowest BCUT2D eigenvalue weighted by molar-refractivity contribution is -0.137. The first-order valence-electron chi connectivity index (χ1n) is 20.3. The van der Waals surface area contributed by atoms with Crippen molar-refractivity contribution in [1.82, 2.24) is 30.7 Å². The van der Waals surface area contributed by atoms with E-state index in [4.69, 9.17) is 4.74 Å². The maximum absolute atomic E-state index is 14.4. The number of fused-ring (bicyclic) bond motifs is 1. The monoisotopic (exact) mass is 774 g/mol. The van der Waals surface area contributed by atoms with Gasteiger partial charge in [-0.05, 0) is 47.9 Å². The van der Waals surface area contributed by atoms with Crippen LogP contribution in [0.25, 0.3) is 10.8 Å². The largest absolute Gasteiger partial charge is 0.390 e. The lowest BCUT2D eigenvalue weighted by Crippen LogP contribution is -2.55. The van der Waals surface area contributed by atoms with Gasteiger partial charge in [-0.15, -0.1) is 11.3 Å². The van der Waals surface area contributed by atoms with Gasteiger partial charge in [-0.2, -0.15) is 0 Å². The lowest BCUT2D eigenvalue weighted by Gasteiger charge is -2.31. The van der Waals surface area contributed by atoms with Gasteiger partial charge in [0.2, 0.25) is 23.6 Å². The number of nitrogens with zero attached hydrogens (tertiary/aromatic N) is 3. The van der Waals surface area contributed by atoms with Gasteiger partial charge in [0.25, 0.3) is 0 Å². The Morgan fingerprint density at radius 2 is 1.64 bits per heavy atom. The molecule has 4 atom stereocenters. The van der Waals surface area contributed by atoms with Crippen molar-refractivity contribution in [3.63, 3.8) is 0 Å². The summed E-state index contributed by atoms with van der Waals surface area (Å²) in [5.41, 5.74) is 3.32. The molecule has 0 radical (unpaired) electrons. The summed E-state index contributed by atoms with van der Waals surface area (Å²) in [6.07, 6.45) is 7.08. The zero-order valence-electron chi connectivity index (χ0n) is 32.0. The number of benzene rings is 2. The van der Waals surface area contributed by atoms with Gasteiger partial charge in [0.15, 0.2) is 0 Å². The van der Waals surface area contributed by atoms with Crippen LogP contribution in [0.4, 0.5) is 0 Å². The minimum absolute atomic E-state index is 0.0315. The van der Waals surface area contributed by atoms with Gasteiger partial charge < -0.3 is 30.7 Å². The van der Waals surface area contributed by atoms with E-state index in [0.717, 1.165) is 68.0 Å². The summed E-state index contributed by atoms with van der Waals surface area (Å²) >= 11 is 1.41. The third kappa shape index (κ3) is 12.3. The molecule has 1 aliphatic carbocycles. The molecule has 4 N–H and O–H groups in total. The van der Waals surface area contributed by atoms with Gasteiger partial charge in [-0.25, -0.2) is 4.98 Å². The number of ether oxygens (including phenoxy) is 1. The van der Waals surface area contributed by atoms with Crippen LogP contribution >= 0.6 is 11.3 Å². The highest BCUT2D eigenvalue weighted by molar-refractivity contribution is 7.07. The Bertz CT molecular complexity index is 1680.